The van der Waals surface area contributed by atoms with Gasteiger partial charge in [0.1, 0.15) is 0 Å². The van der Waals surface area contributed by atoms with Gasteiger partial charge in [-0.25, -0.2) is 0 Å². The summed E-state index contributed by atoms with van der Waals surface area (Å²) in [7, 11) is 0. The minimum absolute atomic E-state index is 0.237. The van der Waals surface area contributed by atoms with Crippen molar-refractivity contribution in [1.82, 2.24) is 9.80 Å². The zero-order valence-electron chi connectivity index (χ0n) is 13.4. The van der Waals surface area contributed by atoms with Crippen LogP contribution in [0.2, 0.25) is 0 Å². The molecular formula is C16H31N3S. The van der Waals surface area contributed by atoms with Gasteiger partial charge in [-0.1, -0.05) is 13.8 Å². The SMILES string of the molecule is CC1CN2CCCC2CN1C1(CN)CSCC(C)(C)C1. The van der Waals surface area contributed by atoms with Gasteiger partial charge in [-0.3, -0.25) is 9.80 Å². The van der Waals surface area contributed by atoms with Crippen LogP contribution >= 0.6 is 11.8 Å². The Morgan fingerprint density at radius 2 is 2.05 bits per heavy atom. The van der Waals surface area contributed by atoms with Gasteiger partial charge >= 0.3 is 0 Å². The van der Waals surface area contributed by atoms with Gasteiger partial charge in [-0.2, -0.15) is 11.8 Å². The molecule has 0 saturated carbocycles. The number of nitrogens with zero attached hydrogens (tertiary/aromatic N) is 2. The molecule has 3 rings (SSSR count). The van der Waals surface area contributed by atoms with Crippen LogP contribution in [0.5, 0.6) is 0 Å². The van der Waals surface area contributed by atoms with Crippen molar-refractivity contribution < 1.29 is 0 Å². The van der Waals surface area contributed by atoms with Crippen molar-refractivity contribution in [2.24, 2.45) is 11.1 Å². The molecule has 0 aromatic rings. The van der Waals surface area contributed by atoms with Gasteiger partial charge in [0.05, 0.1) is 0 Å². The van der Waals surface area contributed by atoms with Crippen molar-refractivity contribution in [3.05, 3.63) is 0 Å². The molecule has 0 amide bonds. The number of nitrogens with two attached hydrogens (primary N) is 1. The molecule has 0 spiro atoms. The highest BCUT2D eigenvalue weighted by Gasteiger charge is 2.48. The summed E-state index contributed by atoms with van der Waals surface area (Å²) in [5, 5.41) is 0. The molecule has 3 unspecified atom stereocenters. The molecule has 0 radical (unpaired) electrons. The Morgan fingerprint density at radius 1 is 1.25 bits per heavy atom. The van der Waals surface area contributed by atoms with E-state index in [0.29, 0.717) is 11.5 Å². The lowest BCUT2D eigenvalue weighted by molar-refractivity contribution is -0.0286. The van der Waals surface area contributed by atoms with E-state index in [1.54, 1.807) is 0 Å². The van der Waals surface area contributed by atoms with Crippen molar-refractivity contribution >= 4 is 11.8 Å². The van der Waals surface area contributed by atoms with Crippen LogP contribution in [0.3, 0.4) is 0 Å². The zero-order chi connectivity index (χ0) is 14.4. The summed E-state index contributed by atoms with van der Waals surface area (Å²) in [6.07, 6.45) is 4.04. The van der Waals surface area contributed by atoms with Crippen molar-refractivity contribution in [2.45, 2.75) is 57.7 Å². The average Bonchev–Trinajstić information content (AvgIpc) is 2.83. The van der Waals surface area contributed by atoms with E-state index in [9.17, 15) is 0 Å². The van der Waals surface area contributed by atoms with E-state index in [-0.39, 0.29) is 5.54 Å². The molecule has 0 aromatic heterocycles. The lowest BCUT2D eigenvalue weighted by Gasteiger charge is -2.56. The van der Waals surface area contributed by atoms with Gasteiger partial charge in [0.2, 0.25) is 0 Å². The third-order valence-electron chi connectivity index (χ3n) is 5.60. The number of fused-ring (bicyclic) bond motifs is 1. The first kappa shape index (κ1) is 15.1. The second-order valence-electron chi connectivity index (χ2n) is 8.05. The largest absolute Gasteiger partial charge is 0.329 e. The molecule has 116 valence electrons. The zero-order valence-corrected chi connectivity index (χ0v) is 14.2. The highest BCUT2D eigenvalue weighted by atomic mass is 32.2. The number of hydrogen-bond donors (Lipinski definition) is 1. The summed E-state index contributed by atoms with van der Waals surface area (Å²) in [4.78, 5) is 5.51. The maximum Gasteiger partial charge on any atom is 0.0431 e. The third-order valence-corrected chi connectivity index (χ3v) is 7.32. The summed E-state index contributed by atoms with van der Waals surface area (Å²) in [5.74, 6) is 2.51. The minimum atomic E-state index is 0.237. The molecule has 0 aromatic carbocycles. The number of piperazine rings is 1. The predicted octanol–water partition coefficient (Wildman–Crippen LogP) is 2.02. The molecule has 0 bridgehead atoms. The fourth-order valence-electron chi connectivity index (χ4n) is 4.79. The van der Waals surface area contributed by atoms with E-state index in [1.165, 1.54) is 50.4 Å². The normalized spacial score (nSPS) is 42.6. The average molecular weight is 298 g/mol. The molecule has 3 nitrogen and oxygen atoms in total. The molecule has 3 heterocycles. The van der Waals surface area contributed by atoms with Crippen LogP contribution in [0.25, 0.3) is 0 Å². The van der Waals surface area contributed by atoms with E-state index < -0.39 is 0 Å². The maximum atomic E-state index is 6.32. The first-order chi connectivity index (χ1) is 9.46. The first-order valence-electron chi connectivity index (χ1n) is 8.24. The third kappa shape index (κ3) is 2.65. The van der Waals surface area contributed by atoms with E-state index in [1.807, 2.05) is 0 Å². The van der Waals surface area contributed by atoms with Crippen LogP contribution in [-0.2, 0) is 0 Å². The monoisotopic (exact) mass is 297 g/mol. The Bertz CT molecular complexity index is 360. The van der Waals surface area contributed by atoms with Crippen LogP contribution in [0.15, 0.2) is 0 Å². The van der Waals surface area contributed by atoms with Gasteiger partial charge in [0.25, 0.3) is 0 Å². The summed E-state index contributed by atoms with van der Waals surface area (Å²) < 4.78 is 0. The lowest BCUT2D eigenvalue weighted by Crippen LogP contribution is -2.68. The molecule has 3 saturated heterocycles. The highest BCUT2D eigenvalue weighted by molar-refractivity contribution is 7.99. The Morgan fingerprint density at radius 3 is 2.75 bits per heavy atom. The standard InChI is InChI=1S/C16H31N3S/c1-13-7-18-6-4-5-14(18)8-19(13)16(10-17)9-15(2,3)11-20-12-16/h13-14H,4-12,17H2,1-3H3. The second kappa shape index (κ2) is 5.45. The Kier molecular flexibility index (Phi) is 4.13. The molecule has 3 aliphatic rings. The van der Waals surface area contributed by atoms with Gasteiger partial charge in [-0.05, 0) is 43.9 Å². The van der Waals surface area contributed by atoms with Gasteiger partial charge in [-0.15, -0.1) is 0 Å². The maximum absolute atomic E-state index is 6.32. The van der Waals surface area contributed by atoms with Crippen molar-refractivity contribution in [1.29, 1.82) is 0 Å². The Labute approximate surface area is 128 Å². The summed E-state index contributed by atoms with van der Waals surface area (Å²) >= 11 is 2.12. The van der Waals surface area contributed by atoms with Crippen LogP contribution in [0.1, 0.15) is 40.0 Å². The molecule has 0 aliphatic carbocycles. The lowest BCUT2D eigenvalue weighted by atomic mass is 9.77. The fourth-order valence-corrected chi connectivity index (χ4v) is 6.31. The van der Waals surface area contributed by atoms with E-state index >= 15 is 0 Å². The van der Waals surface area contributed by atoms with Crippen LogP contribution < -0.4 is 5.73 Å². The Hall–Kier alpha value is 0.230. The second-order valence-corrected chi connectivity index (χ2v) is 9.04. The number of hydrogen-bond acceptors (Lipinski definition) is 4. The van der Waals surface area contributed by atoms with E-state index in [4.69, 9.17) is 5.73 Å². The van der Waals surface area contributed by atoms with E-state index in [2.05, 4.69) is 42.3 Å². The smallest absolute Gasteiger partial charge is 0.0431 e. The molecule has 3 fully saturated rings. The van der Waals surface area contributed by atoms with E-state index in [0.717, 1.165) is 12.6 Å². The summed E-state index contributed by atoms with van der Waals surface area (Å²) in [6.45, 7) is 11.9. The van der Waals surface area contributed by atoms with Crippen molar-refractivity contribution in [3.63, 3.8) is 0 Å². The molecule has 3 atom stereocenters. The first-order valence-corrected chi connectivity index (χ1v) is 9.40. The highest BCUT2D eigenvalue weighted by Crippen LogP contribution is 2.44. The minimum Gasteiger partial charge on any atom is -0.329 e. The molecule has 20 heavy (non-hydrogen) atoms. The summed E-state index contributed by atoms with van der Waals surface area (Å²) in [6, 6.07) is 1.45. The quantitative estimate of drug-likeness (QED) is 0.845. The molecule has 4 heteroatoms. The van der Waals surface area contributed by atoms with Gasteiger partial charge in [0.15, 0.2) is 0 Å². The summed E-state index contributed by atoms with van der Waals surface area (Å²) in [5.41, 5.74) is 6.98. The molecule has 3 aliphatic heterocycles. The topological polar surface area (TPSA) is 32.5 Å². The number of thioether (sulfide) groups is 1. The number of rotatable bonds is 2. The van der Waals surface area contributed by atoms with Gasteiger partial charge in [0, 0.05) is 43.0 Å². The van der Waals surface area contributed by atoms with Crippen LogP contribution in [-0.4, -0.2) is 65.1 Å². The van der Waals surface area contributed by atoms with Crippen LogP contribution in [0.4, 0.5) is 0 Å². The molecule has 2 N–H and O–H groups in total. The van der Waals surface area contributed by atoms with Crippen LogP contribution in [0, 0.1) is 5.41 Å². The molecular weight excluding hydrogens is 266 g/mol. The Balaban J connectivity index is 1.81. The van der Waals surface area contributed by atoms with Gasteiger partial charge < -0.3 is 5.73 Å². The van der Waals surface area contributed by atoms with Crippen molar-refractivity contribution in [3.8, 4) is 0 Å². The van der Waals surface area contributed by atoms with Crippen molar-refractivity contribution in [2.75, 3.05) is 37.7 Å². The fraction of sp³-hybridized carbons (Fsp3) is 1.00. The predicted molar refractivity (Wildman–Crippen MR) is 88.3 cm³/mol.